The lowest BCUT2D eigenvalue weighted by molar-refractivity contribution is 0.789. The SMILES string of the molecule is CCCc1cc(CN)cc(N2CC=CCC2)n1. The molecule has 2 heterocycles. The van der Waals surface area contributed by atoms with Crippen LogP contribution >= 0.6 is 0 Å². The van der Waals surface area contributed by atoms with Crippen molar-refractivity contribution in [3.63, 3.8) is 0 Å². The quantitative estimate of drug-likeness (QED) is 0.808. The van der Waals surface area contributed by atoms with Crippen LogP contribution < -0.4 is 10.6 Å². The molecular formula is C14H21N3. The summed E-state index contributed by atoms with van der Waals surface area (Å²) in [6, 6.07) is 4.26. The van der Waals surface area contributed by atoms with Gasteiger partial charge in [0, 0.05) is 25.3 Å². The van der Waals surface area contributed by atoms with Crippen LogP contribution in [0.4, 0.5) is 5.82 Å². The zero-order valence-electron chi connectivity index (χ0n) is 10.5. The van der Waals surface area contributed by atoms with Crippen molar-refractivity contribution in [1.29, 1.82) is 0 Å². The zero-order valence-corrected chi connectivity index (χ0v) is 10.5. The fourth-order valence-electron chi connectivity index (χ4n) is 2.15. The lowest BCUT2D eigenvalue weighted by Gasteiger charge is -2.25. The van der Waals surface area contributed by atoms with Crippen molar-refractivity contribution >= 4 is 5.82 Å². The molecule has 17 heavy (non-hydrogen) atoms. The molecule has 0 saturated heterocycles. The van der Waals surface area contributed by atoms with Crippen LogP contribution in [0.15, 0.2) is 24.3 Å². The number of nitrogens with zero attached hydrogens (tertiary/aromatic N) is 2. The van der Waals surface area contributed by atoms with Gasteiger partial charge in [0.15, 0.2) is 0 Å². The van der Waals surface area contributed by atoms with Crippen LogP contribution in [-0.2, 0) is 13.0 Å². The van der Waals surface area contributed by atoms with Crippen LogP contribution in [0, 0.1) is 0 Å². The minimum Gasteiger partial charge on any atom is -0.353 e. The molecule has 0 fully saturated rings. The molecule has 2 rings (SSSR count). The van der Waals surface area contributed by atoms with Gasteiger partial charge in [0.05, 0.1) is 0 Å². The third-order valence-corrected chi connectivity index (χ3v) is 3.05. The van der Waals surface area contributed by atoms with Gasteiger partial charge in [-0.2, -0.15) is 0 Å². The van der Waals surface area contributed by atoms with E-state index in [1.165, 1.54) is 11.3 Å². The van der Waals surface area contributed by atoms with Crippen molar-refractivity contribution in [2.75, 3.05) is 18.0 Å². The fourth-order valence-corrected chi connectivity index (χ4v) is 2.15. The maximum atomic E-state index is 5.75. The second kappa shape index (κ2) is 5.82. The molecule has 0 bridgehead atoms. The molecule has 3 heteroatoms. The van der Waals surface area contributed by atoms with Crippen LogP contribution in [0.1, 0.15) is 31.0 Å². The Morgan fingerprint density at radius 3 is 2.88 bits per heavy atom. The van der Waals surface area contributed by atoms with Crippen molar-refractivity contribution in [3.05, 3.63) is 35.5 Å². The summed E-state index contributed by atoms with van der Waals surface area (Å²) in [4.78, 5) is 7.05. The van der Waals surface area contributed by atoms with E-state index >= 15 is 0 Å². The number of aromatic nitrogens is 1. The fraction of sp³-hybridized carbons (Fsp3) is 0.500. The summed E-state index contributed by atoms with van der Waals surface area (Å²) in [5.41, 5.74) is 8.11. The van der Waals surface area contributed by atoms with E-state index < -0.39 is 0 Å². The maximum absolute atomic E-state index is 5.75. The molecule has 0 amide bonds. The van der Waals surface area contributed by atoms with E-state index in [1.807, 2.05) is 0 Å². The Morgan fingerprint density at radius 2 is 2.24 bits per heavy atom. The highest BCUT2D eigenvalue weighted by Crippen LogP contribution is 2.18. The highest BCUT2D eigenvalue weighted by atomic mass is 15.2. The molecule has 0 aliphatic carbocycles. The van der Waals surface area contributed by atoms with Crippen molar-refractivity contribution in [3.8, 4) is 0 Å². The molecule has 0 spiro atoms. The highest BCUT2D eigenvalue weighted by Gasteiger charge is 2.10. The van der Waals surface area contributed by atoms with E-state index in [1.54, 1.807) is 0 Å². The first-order valence-corrected chi connectivity index (χ1v) is 6.43. The van der Waals surface area contributed by atoms with Gasteiger partial charge in [-0.05, 0) is 30.5 Å². The first-order valence-electron chi connectivity index (χ1n) is 6.43. The first-order chi connectivity index (χ1) is 8.33. The molecule has 0 saturated carbocycles. The topological polar surface area (TPSA) is 42.1 Å². The third-order valence-electron chi connectivity index (χ3n) is 3.05. The van der Waals surface area contributed by atoms with Crippen LogP contribution in [0.3, 0.4) is 0 Å². The summed E-state index contributed by atoms with van der Waals surface area (Å²) < 4.78 is 0. The normalized spacial score (nSPS) is 15.3. The molecule has 92 valence electrons. The van der Waals surface area contributed by atoms with E-state index in [2.05, 4.69) is 36.1 Å². The van der Waals surface area contributed by atoms with Crippen LogP contribution in [-0.4, -0.2) is 18.1 Å². The molecule has 3 nitrogen and oxygen atoms in total. The van der Waals surface area contributed by atoms with Crippen molar-refractivity contribution in [2.45, 2.75) is 32.7 Å². The minimum atomic E-state index is 0.593. The second-order valence-electron chi connectivity index (χ2n) is 4.49. The summed E-state index contributed by atoms with van der Waals surface area (Å²) in [5, 5.41) is 0. The number of pyridine rings is 1. The van der Waals surface area contributed by atoms with Crippen molar-refractivity contribution in [1.82, 2.24) is 4.98 Å². The Kier molecular flexibility index (Phi) is 4.15. The number of aryl methyl sites for hydroxylation is 1. The standard InChI is InChI=1S/C14H21N3/c1-2-6-13-9-12(11-15)10-14(16-13)17-7-4-3-5-8-17/h3-4,9-10H,2,5-8,11,15H2,1H3. The van der Waals surface area contributed by atoms with Gasteiger partial charge in [0.25, 0.3) is 0 Å². The number of nitrogens with two attached hydrogens (primary N) is 1. The van der Waals surface area contributed by atoms with Gasteiger partial charge in [0.1, 0.15) is 5.82 Å². The van der Waals surface area contributed by atoms with E-state index in [4.69, 9.17) is 10.7 Å². The van der Waals surface area contributed by atoms with Crippen LogP contribution in [0.5, 0.6) is 0 Å². The second-order valence-corrected chi connectivity index (χ2v) is 4.49. The predicted octanol–water partition coefficient (Wildman–Crippen LogP) is 2.26. The van der Waals surface area contributed by atoms with Gasteiger partial charge in [-0.3, -0.25) is 0 Å². The van der Waals surface area contributed by atoms with Gasteiger partial charge < -0.3 is 10.6 Å². The van der Waals surface area contributed by atoms with Crippen LogP contribution in [0.25, 0.3) is 0 Å². The Morgan fingerprint density at radius 1 is 1.35 bits per heavy atom. The average molecular weight is 231 g/mol. The van der Waals surface area contributed by atoms with E-state index in [-0.39, 0.29) is 0 Å². The van der Waals surface area contributed by atoms with Gasteiger partial charge in [-0.15, -0.1) is 0 Å². The van der Waals surface area contributed by atoms with E-state index in [0.29, 0.717) is 6.54 Å². The number of rotatable bonds is 4. The first kappa shape index (κ1) is 12.1. The molecule has 0 atom stereocenters. The molecular weight excluding hydrogens is 210 g/mol. The molecule has 1 aliphatic heterocycles. The molecule has 1 aliphatic rings. The summed E-state index contributed by atoms with van der Waals surface area (Å²) in [6.07, 6.45) is 7.71. The summed E-state index contributed by atoms with van der Waals surface area (Å²) >= 11 is 0. The third kappa shape index (κ3) is 3.07. The van der Waals surface area contributed by atoms with Gasteiger partial charge in [-0.25, -0.2) is 4.98 Å². The molecule has 0 radical (unpaired) electrons. The number of anilines is 1. The molecule has 1 aromatic heterocycles. The van der Waals surface area contributed by atoms with Gasteiger partial charge >= 0.3 is 0 Å². The molecule has 2 N–H and O–H groups in total. The smallest absolute Gasteiger partial charge is 0.129 e. The molecule has 1 aromatic rings. The largest absolute Gasteiger partial charge is 0.353 e. The summed E-state index contributed by atoms with van der Waals surface area (Å²) in [6.45, 7) is 4.80. The van der Waals surface area contributed by atoms with Gasteiger partial charge in [0.2, 0.25) is 0 Å². The summed E-state index contributed by atoms with van der Waals surface area (Å²) in [7, 11) is 0. The van der Waals surface area contributed by atoms with Gasteiger partial charge in [-0.1, -0.05) is 25.5 Å². The number of hydrogen-bond acceptors (Lipinski definition) is 3. The minimum absolute atomic E-state index is 0.593. The van der Waals surface area contributed by atoms with Crippen molar-refractivity contribution in [2.24, 2.45) is 5.73 Å². The number of hydrogen-bond donors (Lipinski definition) is 1. The predicted molar refractivity (Wildman–Crippen MR) is 72.1 cm³/mol. The monoisotopic (exact) mass is 231 g/mol. The van der Waals surface area contributed by atoms with Crippen molar-refractivity contribution < 1.29 is 0 Å². The van der Waals surface area contributed by atoms with E-state index in [9.17, 15) is 0 Å². The Bertz CT molecular complexity index is 398. The molecule has 0 unspecified atom stereocenters. The summed E-state index contributed by atoms with van der Waals surface area (Å²) in [5.74, 6) is 1.08. The Labute approximate surface area is 103 Å². The maximum Gasteiger partial charge on any atom is 0.129 e. The van der Waals surface area contributed by atoms with Crippen LogP contribution in [0.2, 0.25) is 0 Å². The zero-order chi connectivity index (χ0) is 12.1. The van der Waals surface area contributed by atoms with E-state index in [0.717, 1.165) is 38.2 Å². The Hall–Kier alpha value is -1.35. The lowest BCUT2D eigenvalue weighted by atomic mass is 10.1. The average Bonchev–Trinajstić information content (AvgIpc) is 2.40. The highest BCUT2D eigenvalue weighted by molar-refractivity contribution is 5.44. The molecule has 0 aromatic carbocycles. The lowest BCUT2D eigenvalue weighted by Crippen LogP contribution is -2.28. The Balaban J connectivity index is 2.25.